The lowest BCUT2D eigenvalue weighted by molar-refractivity contribution is -0.195. The molecule has 0 aromatic heterocycles. The maximum Gasteiger partial charge on any atom is 0.235 e. The van der Waals surface area contributed by atoms with Crippen molar-refractivity contribution < 1.29 is 39.3 Å². The highest BCUT2D eigenvalue weighted by molar-refractivity contribution is 6.32. The van der Waals surface area contributed by atoms with Gasteiger partial charge in [-0.15, -0.1) is 0 Å². The second-order valence-electron chi connectivity index (χ2n) is 10.9. The molecule has 1 amide bonds. The Morgan fingerprint density at radius 2 is 1.73 bits per heavy atom. The molecular formula is C26H31N3O8. The summed E-state index contributed by atoms with van der Waals surface area (Å²) in [7, 11) is 2.92. The molecule has 1 aliphatic heterocycles. The third-order valence-electron chi connectivity index (χ3n) is 8.69. The number of Topliss-reactive ketones (excluding diaryl/α,β-unsaturated/α-hetero) is 4. The number of nitrogens with zero attached hydrogens (tertiary/aromatic N) is 2. The molecule has 0 radical (unpaired) electrons. The molecule has 5 N–H and O–H groups in total. The van der Waals surface area contributed by atoms with Crippen molar-refractivity contribution in [2.24, 2.45) is 29.4 Å². The Hall–Kier alpha value is -3.15. The summed E-state index contributed by atoms with van der Waals surface area (Å²) in [6.45, 7) is 1.41. The summed E-state index contributed by atoms with van der Waals surface area (Å²) in [4.78, 5) is 69.4. The van der Waals surface area contributed by atoms with Crippen molar-refractivity contribution in [2.45, 2.75) is 43.4 Å². The highest BCUT2D eigenvalue weighted by Gasteiger charge is 2.72. The molecule has 1 heterocycles. The van der Waals surface area contributed by atoms with Crippen LogP contribution in [0, 0.1) is 23.7 Å². The highest BCUT2D eigenvalue weighted by atomic mass is 16.3. The minimum Gasteiger partial charge on any atom is -0.505 e. The van der Waals surface area contributed by atoms with E-state index in [9.17, 15) is 39.3 Å². The molecule has 1 aromatic rings. The van der Waals surface area contributed by atoms with Gasteiger partial charge in [-0.05, 0) is 51.4 Å². The third-order valence-corrected chi connectivity index (χ3v) is 8.69. The Morgan fingerprint density at radius 1 is 1.08 bits per heavy atom. The van der Waals surface area contributed by atoms with Gasteiger partial charge in [0.05, 0.1) is 35.2 Å². The van der Waals surface area contributed by atoms with E-state index in [1.54, 1.807) is 12.1 Å². The average Bonchev–Trinajstić information content (AvgIpc) is 2.84. The number of likely N-dealkylation sites (N-methyl/N-ethyl adjacent to an activating group) is 1. The lowest BCUT2D eigenvalue weighted by Gasteiger charge is -2.54. The Bertz CT molecular complexity index is 1220. The van der Waals surface area contributed by atoms with Crippen LogP contribution in [0.15, 0.2) is 12.1 Å². The van der Waals surface area contributed by atoms with Gasteiger partial charge in [-0.3, -0.25) is 28.9 Å². The third kappa shape index (κ3) is 3.40. The number of anilines is 1. The van der Waals surface area contributed by atoms with Gasteiger partial charge in [0.15, 0.2) is 34.7 Å². The molecule has 37 heavy (non-hydrogen) atoms. The molecule has 0 bridgehead atoms. The molecule has 0 spiro atoms. The van der Waals surface area contributed by atoms with Gasteiger partial charge < -0.3 is 26.0 Å². The minimum absolute atomic E-state index is 0.0147. The number of piperidine rings is 1. The summed E-state index contributed by atoms with van der Waals surface area (Å²) in [6.07, 6.45) is 1.34. The molecule has 4 aliphatic rings. The lowest BCUT2D eigenvalue weighted by atomic mass is 9.51. The number of phenols is 1. The van der Waals surface area contributed by atoms with E-state index >= 15 is 0 Å². The summed E-state index contributed by atoms with van der Waals surface area (Å²) in [5.74, 6) is -12.3. The average molecular weight is 514 g/mol. The van der Waals surface area contributed by atoms with Crippen LogP contribution in [0.4, 0.5) is 5.69 Å². The van der Waals surface area contributed by atoms with E-state index in [0.717, 1.165) is 19.3 Å². The number of carbonyl (C=O) groups excluding carboxylic acids is 5. The van der Waals surface area contributed by atoms with Gasteiger partial charge >= 0.3 is 0 Å². The zero-order valence-electron chi connectivity index (χ0n) is 20.7. The van der Waals surface area contributed by atoms with Crippen LogP contribution in [0.2, 0.25) is 0 Å². The molecule has 11 heteroatoms. The normalized spacial score (nSPS) is 35.8. The number of carbonyl (C=O) groups is 5. The van der Waals surface area contributed by atoms with E-state index < -0.39 is 70.5 Å². The van der Waals surface area contributed by atoms with Crippen molar-refractivity contribution in [3.8, 4) is 5.75 Å². The number of hydrogen-bond acceptors (Lipinski definition) is 10. The van der Waals surface area contributed by atoms with Crippen molar-refractivity contribution in [1.82, 2.24) is 4.90 Å². The van der Waals surface area contributed by atoms with Crippen LogP contribution >= 0.6 is 0 Å². The second-order valence-corrected chi connectivity index (χ2v) is 10.9. The first kappa shape index (κ1) is 25.5. The van der Waals surface area contributed by atoms with Crippen LogP contribution in [-0.2, 0) is 25.6 Å². The van der Waals surface area contributed by atoms with Crippen molar-refractivity contribution in [2.75, 3.05) is 32.1 Å². The van der Waals surface area contributed by atoms with Gasteiger partial charge in [0.2, 0.25) is 5.91 Å². The Kier molecular flexibility index (Phi) is 6.00. The fourth-order valence-corrected chi connectivity index (χ4v) is 6.97. The molecule has 3 fully saturated rings. The fourth-order valence-electron chi connectivity index (χ4n) is 6.97. The van der Waals surface area contributed by atoms with Crippen LogP contribution in [0.25, 0.3) is 0 Å². The molecule has 7 atom stereocenters. The number of aromatic hydroxyl groups is 1. The smallest absolute Gasteiger partial charge is 0.235 e. The molecule has 1 aromatic carbocycles. The Balaban J connectivity index is 1.63. The summed E-state index contributed by atoms with van der Waals surface area (Å²) in [6, 6.07) is 2.04. The first-order valence-electron chi connectivity index (χ1n) is 12.5. The van der Waals surface area contributed by atoms with Gasteiger partial charge in [0, 0.05) is 19.0 Å². The molecule has 2 saturated carbocycles. The molecule has 1 saturated heterocycles. The number of ketones is 4. The summed E-state index contributed by atoms with van der Waals surface area (Å²) in [5, 5.41) is 34.2. The SMILES string of the molecule is CN(C)[C@@H]1C(=O)C(C(N)=O)C(=O)[C@@]2(O)C(=O)C3C(=O)c4c(ccc(N5CCCCC5)c4O)C[C@H]3[C@H](O)[C@@H]12. The Labute approximate surface area is 213 Å². The van der Waals surface area contributed by atoms with Crippen molar-refractivity contribution in [3.05, 3.63) is 23.3 Å². The maximum atomic E-state index is 13.9. The first-order valence-corrected chi connectivity index (χ1v) is 12.5. The fraction of sp³-hybridized carbons (Fsp3) is 0.577. The number of nitrogens with two attached hydrogens (primary N) is 1. The number of aliphatic hydroxyl groups excluding tert-OH is 1. The van der Waals surface area contributed by atoms with Gasteiger partial charge in [0.1, 0.15) is 5.75 Å². The van der Waals surface area contributed by atoms with E-state index in [0.29, 0.717) is 24.3 Å². The first-order chi connectivity index (χ1) is 17.4. The molecule has 11 nitrogen and oxygen atoms in total. The lowest BCUT2D eigenvalue weighted by Crippen LogP contribution is -2.77. The monoisotopic (exact) mass is 513 g/mol. The van der Waals surface area contributed by atoms with Crippen molar-refractivity contribution >= 4 is 34.7 Å². The zero-order valence-corrected chi connectivity index (χ0v) is 20.7. The standard InChI is InChI=1S/C26H31N3O8/c1-28(2)18-17-19(30)12-10-11-6-7-13(29-8-4-3-5-9-29)20(31)14(11)21(32)15(12)23(34)26(17,37)24(35)16(22(18)33)25(27)36/h6-7,12,15-19,30-31,37H,3-5,8-10H2,1-2H3,(H2,27,36)/t12-,15?,16?,17-,18+,19+,26+/m1/s1. The van der Waals surface area contributed by atoms with Crippen LogP contribution in [0.5, 0.6) is 5.75 Å². The van der Waals surface area contributed by atoms with Crippen LogP contribution < -0.4 is 10.6 Å². The number of primary amides is 1. The predicted molar refractivity (Wildman–Crippen MR) is 129 cm³/mol. The highest BCUT2D eigenvalue weighted by Crippen LogP contribution is 2.51. The largest absolute Gasteiger partial charge is 0.505 e. The quantitative estimate of drug-likeness (QED) is 0.360. The van der Waals surface area contributed by atoms with Crippen LogP contribution in [0.3, 0.4) is 0 Å². The number of aliphatic hydroxyl groups is 2. The van der Waals surface area contributed by atoms with Crippen LogP contribution in [-0.4, -0.2) is 94.2 Å². The molecule has 198 valence electrons. The maximum absolute atomic E-state index is 13.9. The summed E-state index contributed by atoms with van der Waals surface area (Å²) in [5.41, 5.74) is 3.17. The van der Waals surface area contributed by atoms with Gasteiger partial charge in [-0.1, -0.05) is 6.07 Å². The second kappa shape index (κ2) is 8.71. The predicted octanol–water partition coefficient (Wildman–Crippen LogP) is -1.17. The van der Waals surface area contributed by atoms with E-state index in [-0.39, 0.29) is 17.7 Å². The summed E-state index contributed by atoms with van der Waals surface area (Å²) >= 11 is 0. The number of benzene rings is 1. The van der Waals surface area contributed by atoms with Crippen LogP contribution in [0.1, 0.15) is 35.2 Å². The Morgan fingerprint density at radius 3 is 2.32 bits per heavy atom. The van der Waals surface area contributed by atoms with E-state index in [1.807, 2.05) is 4.90 Å². The minimum atomic E-state index is -2.98. The van der Waals surface area contributed by atoms with E-state index in [1.165, 1.54) is 19.0 Å². The molecule has 2 unspecified atom stereocenters. The van der Waals surface area contributed by atoms with E-state index in [4.69, 9.17) is 5.73 Å². The van der Waals surface area contributed by atoms with Crippen molar-refractivity contribution in [3.63, 3.8) is 0 Å². The van der Waals surface area contributed by atoms with Gasteiger partial charge in [-0.25, -0.2) is 0 Å². The molecular weight excluding hydrogens is 482 g/mol. The number of rotatable bonds is 3. The number of phenolic OH excluding ortho intramolecular Hbond substituents is 1. The van der Waals surface area contributed by atoms with Crippen molar-refractivity contribution in [1.29, 1.82) is 0 Å². The topological polar surface area (TPSA) is 179 Å². The number of amides is 1. The van der Waals surface area contributed by atoms with E-state index in [2.05, 4.69) is 0 Å². The zero-order chi connectivity index (χ0) is 27.0. The summed E-state index contributed by atoms with van der Waals surface area (Å²) < 4.78 is 0. The molecule has 3 aliphatic carbocycles. The van der Waals surface area contributed by atoms with Gasteiger partial charge in [0.25, 0.3) is 0 Å². The molecule has 5 rings (SSSR count). The number of fused-ring (bicyclic) bond motifs is 3. The van der Waals surface area contributed by atoms with Gasteiger partial charge in [-0.2, -0.15) is 0 Å². The number of hydrogen-bond donors (Lipinski definition) is 4.